The van der Waals surface area contributed by atoms with Crippen LogP contribution >= 0.6 is 15.9 Å². The molecule has 1 atom stereocenters. The number of rotatable bonds is 4. The molecule has 0 aliphatic carbocycles. The third-order valence-electron chi connectivity index (χ3n) is 2.80. The first-order chi connectivity index (χ1) is 7.82. The first kappa shape index (κ1) is 14.2. The molecule has 1 aromatic rings. The number of halogens is 1. The highest BCUT2D eigenvalue weighted by atomic mass is 79.9. The molecule has 0 bridgehead atoms. The summed E-state index contributed by atoms with van der Waals surface area (Å²) in [6.45, 7) is 6.48. The lowest BCUT2D eigenvalue weighted by atomic mass is 9.88. The van der Waals surface area contributed by atoms with Crippen molar-refractivity contribution in [1.29, 1.82) is 0 Å². The second-order valence-electron chi connectivity index (χ2n) is 5.26. The molecule has 17 heavy (non-hydrogen) atoms. The van der Waals surface area contributed by atoms with Gasteiger partial charge in [-0.15, -0.1) is 0 Å². The van der Waals surface area contributed by atoms with Crippen molar-refractivity contribution in [3.63, 3.8) is 0 Å². The minimum atomic E-state index is -0.310. The number of alkyl halides is 1. The van der Waals surface area contributed by atoms with Crippen LogP contribution in [0.4, 0.5) is 5.69 Å². The number of nitro benzene ring substituents is 1. The van der Waals surface area contributed by atoms with E-state index in [0.717, 1.165) is 18.4 Å². The van der Waals surface area contributed by atoms with E-state index in [1.54, 1.807) is 12.1 Å². The molecule has 1 rings (SSSR count). The summed E-state index contributed by atoms with van der Waals surface area (Å²) in [4.78, 5) is 10.9. The van der Waals surface area contributed by atoms with Crippen molar-refractivity contribution in [2.75, 3.05) is 0 Å². The first-order valence-corrected chi connectivity index (χ1v) is 6.60. The quantitative estimate of drug-likeness (QED) is 0.471. The van der Waals surface area contributed by atoms with Crippen LogP contribution in [0.25, 0.3) is 0 Å². The third-order valence-corrected chi connectivity index (χ3v) is 4.63. The fourth-order valence-electron chi connectivity index (χ4n) is 1.62. The van der Waals surface area contributed by atoms with Crippen LogP contribution in [0.3, 0.4) is 0 Å². The Morgan fingerprint density at radius 2 is 1.94 bits per heavy atom. The zero-order chi connectivity index (χ0) is 13.1. The lowest BCUT2D eigenvalue weighted by Gasteiger charge is -2.25. The lowest BCUT2D eigenvalue weighted by molar-refractivity contribution is -0.385. The Kier molecular flexibility index (Phi) is 4.69. The molecule has 3 nitrogen and oxygen atoms in total. The van der Waals surface area contributed by atoms with Gasteiger partial charge in [0, 0.05) is 16.5 Å². The van der Waals surface area contributed by atoms with Crippen LogP contribution in [0.2, 0.25) is 0 Å². The second kappa shape index (κ2) is 5.63. The van der Waals surface area contributed by atoms with E-state index in [9.17, 15) is 10.1 Å². The van der Waals surface area contributed by atoms with Crippen LogP contribution in [-0.2, 0) is 6.42 Å². The number of para-hydroxylation sites is 1. The highest BCUT2D eigenvalue weighted by molar-refractivity contribution is 9.09. The van der Waals surface area contributed by atoms with E-state index in [2.05, 4.69) is 36.7 Å². The Balaban J connectivity index is 2.73. The van der Waals surface area contributed by atoms with Gasteiger partial charge in [-0.05, 0) is 18.3 Å². The Bertz CT molecular complexity index is 399. The van der Waals surface area contributed by atoms with Crippen molar-refractivity contribution >= 4 is 21.6 Å². The van der Waals surface area contributed by atoms with E-state index in [4.69, 9.17) is 0 Å². The normalized spacial score (nSPS) is 13.4. The zero-order valence-electron chi connectivity index (χ0n) is 10.4. The Morgan fingerprint density at radius 1 is 1.35 bits per heavy atom. The molecule has 0 saturated heterocycles. The lowest BCUT2D eigenvalue weighted by Crippen LogP contribution is -2.20. The van der Waals surface area contributed by atoms with Crippen LogP contribution < -0.4 is 0 Å². The van der Waals surface area contributed by atoms with E-state index >= 15 is 0 Å². The van der Waals surface area contributed by atoms with Gasteiger partial charge in [0.05, 0.1) is 4.92 Å². The molecule has 0 radical (unpaired) electrons. The zero-order valence-corrected chi connectivity index (χ0v) is 12.0. The maximum Gasteiger partial charge on any atom is 0.272 e. The second-order valence-corrected chi connectivity index (χ2v) is 6.36. The third kappa shape index (κ3) is 4.11. The van der Waals surface area contributed by atoms with Crippen LogP contribution in [0, 0.1) is 15.5 Å². The van der Waals surface area contributed by atoms with E-state index in [-0.39, 0.29) is 16.0 Å². The Morgan fingerprint density at radius 3 is 2.47 bits per heavy atom. The molecule has 1 unspecified atom stereocenters. The summed E-state index contributed by atoms with van der Waals surface area (Å²) in [5.41, 5.74) is 1.20. The molecule has 0 heterocycles. The summed E-state index contributed by atoms with van der Waals surface area (Å²) in [5, 5.41) is 10.9. The van der Waals surface area contributed by atoms with E-state index < -0.39 is 0 Å². The first-order valence-electron chi connectivity index (χ1n) is 5.68. The minimum absolute atomic E-state index is 0.170. The van der Waals surface area contributed by atoms with Crippen molar-refractivity contribution < 1.29 is 4.92 Å². The summed E-state index contributed by atoms with van der Waals surface area (Å²) in [6.07, 6.45) is 1.62. The molecule has 0 amide bonds. The average Bonchev–Trinajstić information content (AvgIpc) is 2.24. The number of hydrogen-bond acceptors (Lipinski definition) is 2. The average molecular weight is 300 g/mol. The number of nitro groups is 1. The number of benzene rings is 1. The molecule has 0 aliphatic rings. The summed E-state index contributed by atoms with van der Waals surface area (Å²) in [7, 11) is 0. The fourth-order valence-corrected chi connectivity index (χ4v) is 1.84. The molecule has 0 aromatic heterocycles. The Hall–Kier alpha value is -0.900. The molecule has 0 fully saturated rings. The van der Waals surface area contributed by atoms with E-state index in [1.807, 2.05) is 12.1 Å². The smallest absolute Gasteiger partial charge is 0.258 e. The highest BCUT2D eigenvalue weighted by Gasteiger charge is 2.22. The van der Waals surface area contributed by atoms with Crippen molar-refractivity contribution in [1.82, 2.24) is 0 Å². The van der Waals surface area contributed by atoms with Gasteiger partial charge in [0.15, 0.2) is 0 Å². The van der Waals surface area contributed by atoms with Crippen LogP contribution in [-0.4, -0.2) is 9.75 Å². The van der Waals surface area contributed by atoms with Crippen molar-refractivity contribution in [2.45, 2.75) is 38.4 Å². The van der Waals surface area contributed by atoms with Gasteiger partial charge < -0.3 is 0 Å². The molecule has 4 heteroatoms. The van der Waals surface area contributed by atoms with Crippen LogP contribution in [0.15, 0.2) is 24.3 Å². The standard InChI is InChI=1S/C13H18BrNO2/c1-13(2,3)12(14)9-8-10-6-4-5-7-11(10)15(16)17/h4-7,12H,8-9H2,1-3H3. The monoisotopic (exact) mass is 299 g/mol. The van der Waals surface area contributed by atoms with Crippen molar-refractivity contribution in [3.8, 4) is 0 Å². The number of nitrogens with zero attached hydrogens (tertiary/aromatic N) is 1. The maximum atomic E-state index is 10.9. The van der Waals surface area contributed by atoms with Gasteiger partial charge in [0.2, 0.25) is 0 Å². The molecule has 1 aromatic carbocycles. The number of hydrogen-bond donors (Lipinski definition) is 0. The SMILES string of the molecule is CC(C)(C)C(Br)CCc1ccccc1[N+](=O)[O-]. The molecule has 0 N–H and O–H groups in total. The topological polar surface area (TPSA) is 43.1 Å². The van der Waals surface area contributed by atoms with Gasteiger partial charge in [-0.3, -0.25) is 10.1 Å². The predicted octanol–water partition coefficient (Wildman–Crippen LogP) is 4.34. The summed E-state index contributed by atoms with van der Waals surface area (Å²) < 4.78 is 0. The number of aryl methyl sites for hydroxylation is 1. The molecule has 0 aliphatic heterocycles. The molecule has 0 saturated carbocycles. The van der Waals surface area contributed by atoms with Crippen molar-refractivity contribution in [2.24, 2.45) is 5.41 Å². The Labute approximate surface area is 111 Å². The van der Waals surface area contributed by atoms with Gasteiger partial charge in [-0.2, -0.15) is 0 Å². The minimum Gasteiger partial charge on any atom is -0.258 e. The molecule has 0 spiro atoms. The van der Waals surface area contributed by atoms with Gasteiger partial charge in [0.1, 0.15) is 0 Å². The van der Waals surface area contributed by atoms with Gasteiger partial charge >= 0.3 is 0 Å². The largest absolute Gasteiger partial charge is 0.272 e. The molecular formula is C13H18BrNO2. The summed E-state index contributed by atoms with van der Waals surface area (Å²) in [6, 6.07) is 6.95. The van der Waals surface area contributed by atoms with Gasteiger partial charge in [0.25, 0.3) is 5.69 Å². The van der Waals surface area contributed by atoms with Gasteiger partial charge in [-0.1, -0.05) is 54.9 Å². The van der Waals surface area contributed by atoms with E-state index in [1.165, 1.54) is 0 Å². The maximum absolute atomic E-state index is 10.9. The summed E-state index contributed by atoms with van der Waals surface area (Å²) in [5.74, 6) is 0. The van der Waals surface area contributed by atoms with Gasteiger partial charge in [-0.25, -0.2) is 0 Å². The van der Waals surface area contributed by atoms with Crippen LogP contribution in [0.1, 0.15) is 32.8 Å². The predicted molar refractivity (Wildman–Crippen MR) is 73.6 cm³/mol. The molecular weight excluding hydrogens is 282 g/mol. The molecule has 94 valence electrons. The fraction of sp³-hybridized carbons (Fsp3) is 0.538. The highest BCUT2D eigenvalue weighted by Crippen LogP contribution is 2.30. The van der Waals surface area contributed by atoms with Crippen molar-refractivity contribution in [3.05, 3.63) is 39.9 Å². The van der Waals surface area contributed by atoms with E-state index in [0.29, 0.717) is 4.83 Å². The van der Waals surface area contributed by atoms with Crippen LogP contribution in [0.5, 0.6) is 0 Å². The summed E-state index contributed by atoms with van der Waals surface area (Å²) >= 11 is 3.65.